The molecule has 0 radical (unpaired) electrons. The molecule has 200 valence electrons. The van der Waals surface area contributed by atoms with E-state index in [1.54, 1.807) is 6.92 Å². The topological polar surface area (TPSA) is 72.8 Å². The number of hydrogen-bond donors (Lipinski definition) is 1. The summed E-state index contributed by atoms with van der Waals surface area (Å²) in [5.41, 5.74) is 0.491. The van der Waals surface area contributed by atoms with Crippen LogP contribution in [0.2, 0.25) is 0 Å². The van der Waals surface area contributed by atoms with E-state index in [1.165, 1.54) is 32.6 Å². The van der Waals surface area contributed by atoms with Crippen molar-refractivity contribution in [3.8, 4) is 0 Å². The van der Waals surface area contributed by atoms with Crippen molar-refractivity contribution in [1.82, 2.24) is 0 Å². The van der Waals surface area contributed by atoms with Crippen molar-refractivity contribution >= 4 is 11.9 Å². The molecule has 0 heterocycles. The third-order valence-electron chi connectivity index (χ3n) is 11.6. The van der Waals surface area contributed by atoms with Crippen LogP contribution in [-0.4, -0.2) is 35.9 Å². The predicted molar refractivity (Wildman–Crippen MR) is 136 cm³/mol. The predicted octanol–water partition coefficient (Wildman–Crippen LogP) is 6.16. The maximum Gasteiger partial charge on any atom is 0.302 e. The summed E-state index contributed by atoms with van der Waals surface area (Å²) in [5.74, 6) is 3.27. The molecule has 0 bridgehead atoms. The largest absolute Gasteiger partial charge is 0.463 e. The van der Waals surface area contributed by atoms with E-state index in [0.29, 0.717) is 41.4 Å². The fourth-order valence-corrected chi connectivity index (χ4v) is 10.2. The van der Waals surface area contributed by atoms with Gasteiger partial charge in [0.15, 0.2) is 0 Å². The summed E-state index contributed by atoms with van der Waals surface area (Å²) in [4.78, 5) is 24.2. The molecule has 11 atom stereocenters. The highest BCUT2D eigenvalue weighted by molar-refractivity contribution is 5.66. The van der Waals surface area contributed by atoms with Gasteiger partial charge in [0.05, 0.1) is 0 Å². The Morgan fingerprint density at radius 1 is 0.943 bits per heavy atom. The minimum absolute atomic E-state index is 0.00811. The second-order valence-corrected chi connectivity index (χ2v) is 13.1. The molecule has 0 aromatic carbocycles. The maximum atomic E-state index is 12.4. The van der Waals surface area contributed by atoms with Crippen molar-refractivity contribution in [2.75, 3.05) is 6.61 Å². The molecule has 1 N–H and O–H groups in total. The van der Waals surface area contributed by atoms with E-state index in [-0.39, 0.29) is 41.6 Å². The number of aliphatic hydroxyl groups excluding tert-OH is 1. The second kappa shape index (κ2) is 10.3. The van der Waals surface area contributed by atoms with Crippen LogP contribution in [0.3, 0.4) is 0 Å². The van der Waals surface area contributed by atoms with Crippen molar-refractivity contribution in [2.24, 2.45) is 52.3 Å². The van der Waals surface area contributed by atoms with Crippen LogP contribution in [0.4, 0.5) is 0 Å². The average Bonchev–Trinajstić information content (AvgIpc) is 3.15. The lowest BCUT2D eigenvalue weighted by Crippen LogP contribution is -2.63. The lowest BCUT2D eigenvalue weighted by atomic mass is 9.41. The van der Waals surface area contributed by atoms with Crippen molar-refractivity contribution in [2.45, 2.75) is 118 Å². The molecule has 4 aliphatic rings. The zero-order valence-electron chi connectivity index (χ0n) is 23.1. The van der Waals surface area contributed by atoms with Crippen LogP contribution in [0, 0.1) is 52.3 Å². The van der Waals surface area contributed by atoms with Gasteiger partial charge in [0.2, 0.25) is 0 Å². The van der Waals surface area contributed by atoms with E-state index in [2.05, 4.69) is 27.7 Å². The number of fused-ring (bicyclic) bond motifs is 5. The first-order chi connectivity index (χ1) is 16.6. The van der Waals surface area contributed by atoms with E-state index >= 15 is 0 Å². The summed E-state index contributed by atoms with van der Waals surface area (Å²) in [6.07, 6.45) is 10.8. The number of carbonyl (C=O) groups excluding carboxylic acids is 2. The lowest BCUT2D eigenvalue weighted by Gasteiger charge is -2.65. The number of rotatable bonds is 7. The van der Waals surface area contributed by atoms with Gasteiger partial charge in [-0.15, -0.1) is 0 Å². The molecule has 0 saturated heterocycles. The zero-order valence-corrected chi connectivity index (χ0v) is 23.1. The standard InChI is InChI=1S/C30H50O5/c1-7-22-26-17-21(34-19(3)32)12-14-30(26,6)25-13-15-29(5)23(18(2)9-8-16-31)10-11-24(29)27(25)28(22)35-20(4)33/h18,21-28,31H,7-17H2,1-6H3/t18-,21-,22-,23?,24+,25+,26?,27?,28-,29?,30?/m1/s1. The molecule has 5 unspecified atom stereocenters. The van der Waals surface area contributed by atoms with E-state index in [9.17, 15) is 14.7 Å². The van der Waals surface area contributed by atoms with Gasteiger partial charge in [0.1, 0.15) is 12.2 Å². The van der Waals surface area contributed by atoms with Gasteiger partial charge in [0, 0.05) is 26.4 Å². The molecule has 0 spiro atoms. The summed E-state index contributed by atoms with van der Waals surface area (Å²) < 4.78 is 12.0. The SMILES string of the molecule is CC[C@@H]1C2C[C@H](OC(C)=O)CCC2(C)[C@H]2CCC3(C)C([C@H](C)CCCO)CC[C@H]3C2[C@@H]1OC(C)=O. The molecule has 4 aliphatic carbocycles. The fourth-order valence-electron chi connectivity index (χ4n) is 10.2. The quantitative estimate of drug-likeness (QED) is 0.433. The van der Waals surface area contributed by atoms with Gasteiger partial charge >= 0.3 is 11.9 Å². The number of carbonyl (C=O) groups is 2. The van der Waals surface area contributed by atoms with Crippen LogP contribution in [0.15, 0.2) is 0 Å². The first-order valence-electron chi connectivity index (χ1n) is 14.5. The van der Waals surface area contributed by atoms with Crippen molar-refractivity contribution in [1.29, 1.82) is 0 Å². The molecule has 35 heavy (non-hydrogen) atoms. The van der Waals surface area contributed by atoms with Crippen LogP contribution in [-0.2, 0) is 19.1 Å². The van der Waals surface area contributed by atoms with E-state index in [0.717, 1.165) is 38.5 Å². The van der Waals surface area contributed by atoms with Crippen LogP contribution in [0.25, 0.3) is 0 Å². The molecule has 0 aliphatic heterocycles. The van der Waals surface area contributed by atoms with Gasteiger partial charge in [-0.05, 0) is 111 Å². The monoisotopic (exact) mass is 490 g/mol. The molecule has 4 saturated carbocycles. The van der Waals surface area contributed by atoms with Crippen LogP contribution < -0.4 is 0 Å². The minimum Gasteiger partial charge on any atom is -0.463 e. The molecule has 5 heteroatoms. The molecule has 0 amide bonds. The molecular formula is C30H50O5. The molecular weight excluding hydrogens is 440 g/mol. The van der Waals surface area contributed by atoms with Crippen LogP contribution >= 0.6 is 0 Å². The van der Waals surface area contributed by atoms with Gasteiger partial charge in [0.25, 0.3) is 0 Å². The Bertz CT molecular complexity index is 781. The van der Waals surface area contributed by atoms with Crippen molar-refractivity contribution < 1.29 is 24.2 Å². The number of ether oxygens (including phenoxy) is 2. The number of hydrogen-bond acceptors (Lipinski definition) is 5. The normalized spacial score (nSPS) is 45.6. The highest BCUT2D eigenvalue weighted by Gasteiger charge is 2.66. The Kier molecular flexibility index (Phi) is 7.96. The molecule has 5 nitrogen and oxygen atoms in total. The van der Waals surface area contributed by atoms with Gasteiger partial charge < -0.3 is 14.6 Å². The maximum absolute atomic E-state index is 12.4. The Hall–Kier alpha value is -1.10. The minimum atomic E-state index is -0.183. The molecule has 4 rings (SSSR count). The second-order valence-electron chi connectivity index (χ2n) is 13.1. The number of esters is 2. The summed E-state index contributed by atoms with van der Waals surface area (Å²) >= 11 is 0. The molecule has 0 aromatic heterocycles. The Balaban J connectivity index is 1.68. The lowest BCUT2D eigenvalue weighted by molar-refractivity contribution is -0.219. The molecule has 0 aromatic rings. The van der Waals surface area contributed by atoms with Crippen molar-refractivity contribution in [3.05, 3.63) is 0 Å². The fraction of sp³-hybridized carbons (Fsp3) is 0.933. The zero-order chi connectivity index (χ0) is 25.5. The third kappa shape index (κ3) is 4.68. The summed E-state index contributed by atoms with van der Waals surface area (Å²) in [7, 11) is 0. The summed E-state index contributed by atoms with van der Waals surface area (Å²) in [6.45, 7) is 13.1. The van der Waals surface area contributed by atoms with Crippen LogP contribution in [0.1, 0.15) is 106 Å². The van der Waals surface area contributed by atoms with Gasteiger partial charge in [-0.2, -0.15) is 0 Å². The Morgan fingerprint density at radius 3 is 2.23 bits per heavy atom. The number of aliphatic hydroxyl groups is 1. The highest BCUT2D eigenvalue weighted by Crippen LogP contribution is 2.70. The smallest absolute Gasteiger partial charge is 0.302 e. The first kappa shape index (κ1) is 26.9. The Labute approximate surface area is 213 Å². The first-order valence-corrected chi connectivity index (χ1v) is 14.5. The highest BCUT2D eigenvalue weighted by atomic mass is 16.5. The third-order valence-corrected chi connectivity index (χ3v) is 11.6. The van der Waals surface area contributed by atoms with E-state index in [4.69, 9.17) is 9.47 Å². The van der Waals surface area contributed by atoms with Crippen LogP contribution in [0.5, 0.6) is 0 Å². The van der Waals surface area contributed by atoms with E-state index in [1.807, 2.05) is 0 Å². The van der Waals surface area contributed by atoms with Gasteiger partial charge in [-0.3, -0.25) is 9.59 Å². The van der Waals surface area contributed by atoms with Gasteiger partial charge in [-0.1, -0.05) is 27.7 Å². The molecule has 4 fully saturated rings. The van der Waals surface area contributed by atoms with Crippen molar-refractivity contribution in [3.63, 3.8) is 0 Å². The summed E-state index contributed by atoms with van der Waals surface area (Å²) in [6, 6.07) is 0. The summed E-state index contributed by atoms with van der Waals surface area (Å²) in [5, 5.41) is 9.41. The van der Waals surface area contributed by atoms with E-state index < -0.39 is 0 Å². The average molecular weight is 491 g/mol. The Morgan fingerprint density at radius 2 is 1.60 bits per heavy atom. The van der Waals surface area contributed by atoms with Gasteiger partial charge in [-0.25, -0.2) is 0 Å².